The van der Waals surface area contributed by atoms with Gasteiger partial charge in [0, 0.05) is 32.1 Å². The van der Waals surface area contributed by atoms with Gasteiger partial charge in [0.05, 0.1) is 5.60 Å². The highest BCUT2D eigenvalue weighted by molar-refractivity contribution is 8.00. The van der Waals surface area contributed by atoms with Crippen LogP contribution in [0.3, 0.4) is 0 Å². The zero-order valence-corrected chi connectivity index (χ0v) is 27.0. The first-order valence-corrected chi connectivity index (χ1v) is 17.0. The molecule has 4 aliphatic rings. The Hall–Kier alpha value is -1.27. The SMILES string of the molecule is CCCC(O)(CCC)CCS[C@@]1(OC(C)=O)CC2=CC=C3[C@@H](CC[C@]4(C)[C@@H](CC)CC[C@@H]34)[C@@]2(C)[C@@H](OC(C)=O)C1. The zero-order chi connectivity index (χ0) is 29.3. The lowest BCUT2D eigenvalue weighted by Gasteiger charge is -2.58. The average molecular weight is 575 g/mol. The molecule has 7 atom stereocenters. The third-order valence-electron chi connectivity index (χ3n) is 11.3. The van der Waals surface area contributed by atoms with Crippen LogP contribution >= 0.6 is 11.8 Å². The predicted molar refractivity (Wildman–Crippen MR) is 163 cm³/mol. The quantitative estimate of drug-likeness (QED) is 0.198. The molecule has 4 rings (SSSR count). The maximum Gasteiger partial charge on any atom is 0.304 e. The first kappa shape index (κ1) is 31.7. The largest absolute Gasteiger partial charge is 0.461 e. The van der Waals surface area contributed by atoms with Crippen LogP contribution in [-0.4, -0.2) is 39.4 Å². The number of fused-ring (bicyclic) bond motifs is 5. The molecule has 0 aromatic heterocycles. The van der Waals surface area contributed by atoms with Gasteiger partial charge in [-0.3, -0.25) is 9.59 Å². The summed E-state index contributed by atoms with van der Waals surface area (Å²) < 4.78 is 12.4. The summed E-state index contributed by atoms with van der Waals surface area (Å²) in [5.74, 6) is 1.80. The average Bonchev–Trinajstić information content (AvgIpc) is 3.21. The second kappa shape index (κ2) is 12.1. The lowest BCUT2D eigenvalue weighted by Crippen LogP contribution is -2.56. The van der Waals surface area contributed by atoms with Crippen LogP contribution in [0, 0.1) is 28.6 Å². The molecule has 226 valence electrons. The van der Waals surface area contributed by atoms with E-state index in [9.17, 15) is 14.7 Å². The summed E-state index contributed by atoms with van der Waals surface area (Å²) in [6.45, 7) is 14.4. The van der Waals surface area contributed by atoms with Crippen molar-refractivity contribution in [2.75, 3.05) is 5.75 Å². The molecule has 6 heteroatoms. The van der Waals surface area contributed by atoms with Crippen LogP contribution in [0.4, 0.5) is 0 Å². The van der Waals surface area contributed by atoms with Crippen molar-refractivity contribution in [3.8, 4) is 0 Å². The molecule has 4 aliphatic carbocycles. The highest BCUT2D eigenvalue weighted by atomic mass is 32.2. The smallest absolute Gasteiger partial charge is 0.304 e. The van der Waals surface area contributed by atoms with Crippen molar-refractivity contribution in [2.45, 2.75) is 142 Å². The Balaban J connectivity index is 1.67. The van der Waals surface area contributed by atoms with Gasteiger partial charge in [0.25, 0.3) is 0 Å². The Labute approximate surface area is 247 Å². The molecule has 0 aromatic rings. The van der Waals surface area contributed by atoms with Gasteiger partial charge in [0.2, 0.25) is 0 Å². The van der Waals surface area contributed by atoms with E-state index < -0.39 is 10.5 Å². The van der Waals surface area contributed by atoms with Crippen molar-refractivity contribution in [3.05, 3.63) is 23.3 Å². The van der Waals surface area contributed by atoms with Gasteiger partial charge in [-0.05, 0) is 73.9 Å². The predicted octanol–water partition coefficient (Wildman–Crippen LogP) is 8.15. The molecule has 0 bridgehead atoms. The van der Waals surface area contributed by atoms with Gasteiger partial charge in [-0.1, -0.05) is 77.2 Å². The molecule has 40 heavy (non-hydrogen) atoms. The Morgan fingerprint density at radius 1 is 1.00 bits per heavy atom. The zero-order valence-electron chi connectivity index (χ0n) is 26.1. The first-order chi connectivity index (χ1) is 18.9. The number of hydrogen-bond donors (Lipinski definition) is 1. The molecule has 0 aromatic carbocycles. The summed E-state index contributed by atoms with van der Waals surface area (Å²) in [5.41, 5.74) is 2.15. The minimum absolute atomic E-state index is 0.280. The molecular weight excluding hydrogens is 520 g/mol. The van der Waals surface area contributed by atoms with Crippen LogP contribution in [0.15, 0.2) is 23.3 Å². The summed E-state index contributed by atoms with van der Waals surface area (Å²) in [6, 6.07) is 0. The van der Waals surface area contributed by atoms with E-state index in [2.05, 4.69) is 46.8 Å². The van der Waals surface area contributed by atoms with Crippen LogP contribution in [0.1, 0.15) is 126 Å². The van der Waals surface area contributed by atoms with Crippen LogP contribution in [-0.2, 0) is 19.1 Å². The topological polar surface area (TPSA) is 72.8 Å². The lowest BCUT2D eigenvalue weighted by molar-refractivity contribution is -0.168. The third kappa shape index (κ3) is 5.82. The fraction of sp³-hybridized carbons (Fsp3) is 0.824. The first-order valence-electron chi connectivity index (χ1n) is 16.0. The van der Waals surface area contributed by atoms with E-state index in [0.29, 0.717) is 42.3 Å². The van der Waals surface area contributed by atoms with Crippen LogP contribution < -0.4 is 0 Å². The van der Waals surface area contributed by atoms with E-state index in [-0.39, 0.29) is 23.5 Å². The Morgan fingerprint density at radius 2 is 1.70 bits per heavy atom. The molecule has 3 saturated carbocycles. The summed E-state index contributed by atoms with van der Waals surface area (Å²) in [6.07, 6.45) is 15.6. The highest BCUT2D eigenvalue weighted by Crippen LogP contribution is 2.67. The van der Waals surface area contributed by atoms with Gasteiger partial charge in [-0.15, -0.1) is 11.8 Å². The molecule has 0 heterocycles. The molecule has 0 saturated heterocycles. The third-order valence-corrected chi connectivity index (χ3v) is 12.6. The molecule has 0 spiro atoms. The second-order valence-electron chi connectivity index (χ2n) is 13.8. The Morgan fingerprint density at radius 3 is 2.30 bits per heavy atom. The molecule has 0 unspecified atom stereocenters. The van der Waals surface area contributed by atoms with Crippen molar-refractivity contribution in [3.63, 3.8) is 0 Å². The van der Waals surface area contributed by atoms with E-state index in [1.165, 1.54) is 45.1 Å². The number of thioether (sulfide) groups is 1. The van der Waals surface area contributed by atoms with Gasteiger partial charge in [-0.25, -0.2) is 0 Å². The van der Waals surface area contributed by atoms with Crippen LogP contribution in [0.5, 0.6) is 0 Å². The molecule has 0 radical (unpaired) electrons. The van der Waals surface area contributed by atoms with Gasteiger partial charge in [0.1, 0.15) is 6.10 Å². The van der Waals surface area contributed by atoms with Crippen molar-refractivity contribution < 1.29 is 24.2 Å². The van der Waals surface area contributed by atoms with Gasteiger partial charge < -0.3 is 14.6 Å². The monoisotopic (exact) mass is 574 g/mol. The standard InChI is InChI=1S/C34H54O5S/c1-8-16-33(37,17-9-2)19-20-40-34(39-24(5)36)21-26-11-13-27-28-14-12-25(10-3)31(28,6)18-15-29(27)32(26,7)30(22-34)38-23(4)35/h11,13,25,28-30,37H,8-10,12,14-22H2,1-7H3/t25-,28-,29+,30-,31+,32-,34-/m0/s1. The maximum absolute atomic E-state index is 12.5. The van der Waals surface area contributed by atoms with E-state index in [4.69, 9.17) is 9.47 Å². The number of esters is 2. The fourth-order valence-electron chi connectivity index (χ4n) is 9.37. The van der Waals surface area contributed by atoms with Gasteiger partial charge >= 0.3 is 11.9 Å². The molecule has 0 amide bonds. The Kier molecular flexibility index (Phi) is 9.62. The normalized spacial score (nSPS) is 37.0. The van der Waals surface area contributed by atoms with E-state index in [1.54, 1.807) is 17.3 Å². The van der Waals surface area contributed by atoms with Crippen molar-refractivity contribution >= 4 is 23.7 Å². The summed E-state index contributed by atoms with van der Waals surface area (Å²) in [5, 5.41) is 11.3. The van der Waals surface area contributed by atoms with E-state index in [1.807, 2.05) is 0 Å². The molecule has 3 fully saturated rings. The summed E-state index contributed by atoms with van der Waals surface area (Å²) in [4.78, 5) is 24.2. The minimum Gasteiger partial charge on any atom is -0.461 e. The summed E-state index contributed by atoms with van der Waals surface area (Å²) >= 11 is 1.63. The second-order valence-corrected chi connectivity index (χ2v) is 15.2. The molecule has 0 aliphatic heterocycles. The van der Waals surface area contributed by atoms with Crippen molar-refractivity contribution in [1.29, 1.82) is 0 Å². The van der Waals surface area contributed by atoms with Crippen LogP contribution in [0.2, 0.25) is 0 Å². The lowest BCUT2D eigenvalue weighted by atomic mass is 9.49. The van der Waals surface area contributed by atoms with E-state index >= 15 is 0 Å². The minimum atomic E-state index is -0.814. The number of aliphatic hydroxyl groups is 1. The number of rotatable bonds is 11. The number of carbonyl (C=O) groups is 2. The van der Waals surface area contributed by atoms with Crippen LogP contribution in [0.25, 0.3) is 0 Å². The number of ether oxygens (including phenoxy) is 2. The number of carbonyl (C=O) groups excluding carboxylic acids is 2. The Bertz CT molecular complexity index is 1010. The van der Waals surface area contributed by atoms with Crippen molar-refractivity contribution in [2.24, 2.45) is 28.6 Å². The summed E-state index contributed by atoms with van der Waals surface area (Å²) in [7, 11) is 0. The number of allylic oxidation sites excluding steroid dienone is 3. The number of hydrogen-bond acceptors (Lipinski definition) is 6. The van der Waals surface area contributed by atoms with E-state index in [0.717, 1.165) is 38.0 Å². The highest BCUT2D eigenvalue weighted by Gasteiger charge is 2.61. The fourth-order valence-corrected chi connectivity index (χ4v) is 10.9. The van der Waals surface area contributed by atoms with Crippen molar-refractivity contribution in [1.82, 2.24) is 0 Å². The molecular formula is C34H54O5S. The molecule has 5 nitrogen and oxygen atoms in total. The van der Waals surface area contributed by atoms with Gasteiger partial charge in [0.15, 0.2) is 4.93 Å². The molecule has 1 N–H and O–H groups in total. The van der Waals surface area contributed by atoms with Gasteiger partial charge in [-0.2, -0.15) is 0 Å². The maximum atomic E-state index is 12.5.